The van der Waals surface area contributed by atoms with Crippen molar-refractivity contribution in [1.29, 1.82) is 0 Å². The molecule has 0 N–H and O–H groups in total. The lowest BCUT2D eigenvalue weighted by atomic mass is 10.0. The summed E-state index contributed by atoms with van der Waals surface area (Å²) in [6, 6.07) is 2.61. The van der Waals surface area contributed by atoms with Gasteiger partial charge in [-0.1, -0.05) is 6.42 Å². The third-order valence-electron chi connectivity index (χ3n) is 6.26. The smallest absolute Gasteiger partial charge is 0.217 e. The highest BCUT2D eigenvalue weighted by molar-refractivity contribution is 7.89. The van der Waals surface area contributed by atoms with Crippen LogP contribution in [0.4, 0.5) is 14.5 Å². The van der Waals surface area contributed by atoms with Crippen molar-refractivity contribution in [1.82, 2.24) is 19.1 Å². The van der Waals surface area contributed by atoms with Crippen LogP contribution in [0.3, 0.4) is 0 Å². The molecule has 7 nitrogen and oxygen atoms in total. The van der Waals surface area contributed by atoms with Crippen molar-refractivity contribution in [2.45, 2.75) is 56.9 Å². The molecule has 2 aliphatic heterocycles. The zero-order chi connectivity index (χ0) is 21.3. The molecule has 0 radical (unpaired) electrons. The van der Waals surface area contributed by atoms with Crippen molar-refractivity contribution in [3.8, 4) is 0 Å². The van der Waals surface area contributed by atoms with Gasteiger partial charge in [-0.25, -0.2) is 17.2 Å². The summed E-state index contributed by atoms with van der Waals surface area (Å²) < 4.78 is 58.3. The highest BCUT2D eigenvalue weighted by Crippen LogP contribution is 2.31. The van der Waals surface area contributed by atoms with Crippen molar-refractivity contribution < 1.29 is 17.2 Å². The third kappa shape index (κ3) is 4.20. The topological polar surface area (TPSA) is 71.3 Å². The number of aromatic nitrogens is 3. The molecule has 2 aliphatic rings. The molecule has 0 spiro atoms. The van der Waals surface area contributed by atoms with E-state index < -0.39 is 26.9 Å². The summed E-state index contributed by atoms with van der Waals surface area (Å²) in [5.41, 5.74) is 0.304. The highest BCUT2D eigenvalue weighted by atomic mass is 32.2. The molecule has 0 saturated carbocycles. The van der Waals surface area contributed by atoms with Crippen molar-refractivity contribution in [2.75, 3.05) is 24.5 Å². The Morgan fingerprint density at radius 2 is 1.70 bits per heavy atom. The van der Waals surface area contributed by atoms with E-state index in [1.165, 1.54) is 10.4 Å². The molecule has 1 atom stereocenters. The van der Waals surface area contributed by atoms with Crippen LogP contribution >= 0.6 is 0 Å². The van der Waals surface area contributed by atoms with E-state index in [-0.39, 0.29) is 23.8 Å². The second-order valence-electron chi connectivity index (χ2n) is 8.21. The largest absolute Gasteiger partial charge is 0.369 e. The van der Waals surface area contributed by atoms with E-state index in [4.69, 9.17) is 0 Å². The zero-order valence-corrected chi connectivity index (χ0v) is 17.9. The molecule has 0 amide bonds. The Kier molecular flexibility index (Phi) is 6.06. The molecule has 3 heterocycles. The molecule has 2 fully saturated rings. The van der Waals surface area contributed by atoms with Crippen LogP contribution in [0.25, 0.3) is 0 Å². The molecule has 10 heteroatoms. The quantitative estimate of drug-likeness (QED) is 0.732. The average Bonchev–Trinajstić information content (AvgIpc) is 3.23. The first kappa shape index (κ1) is 21.2. The van der Waals surface area contributed by atoms with E-state index in [9.17, 15) is 17.2 Å². The highest BCUT2D eigenvalue weighted by Gasteiger charge is 2.32. The van der Waals surface area contributed by atoms with Gasteiger partial charge in [0.1, 0.15) is 24.3 Å². The van der Waals surface area contributed by atoms with E-state index in [1.807, 2.05) is 9.47 Å². The van der Waals surface area contributed by atoms with E-state index in [2.05, 4.69) is 10.2 Å². The molecule has 2 saturated heterocycles. The third-order valence-corrected chi connectivity index (χ3v) is 8.55. The average molecular weight is 440 g/mol. The Labute approximate surface area is 175 Å². The minimum atomic E-state index is -3.50. The molecule has 164 valence electrons. The summed E-state index contributed by atoms with van der Waals surface area (Å²) in [6.07, 6.45) is 7.06. The summed E-state index contributed by atoms with van der Waals surface area (Å²) in [6.45, 7) is 3.07. The first-order valence-corrected chi connectivity index (χ1v) is 11.9. The molecular formula is C20H27F2N5O2S. The van der Waals surface area contributed by atoms with E-state index >= 15 is 0 Å². The SMILES string of the molecule is CC1CCCCN(Cc2cc(F)c(N3CCC(n4cnnc4)CC3)cc2F)S1(=O)=O. The lowest BCUT2D eigenvalue weighted by molar-refractivity contribution is 0.390. The number of piperidine rings is 1. The lowest BCUT2D eigenvalue weighted by Crippen LogP contribution is -2.36. The van der Waals surface area contributed by atoms with Gasteiger partial charge < -0.3 is 9.47 Å². The van der Waals surface area contributed by atoms with E-state index in [1.54, 1.807) is 19.6 Å². The Balaban J connectivity index is 1.48. The molecule has 1 unspecified atom stereocenters. The second-order valence-corrected chi connectivity index (χ2v) is 10.6. The Hall–Kier alpha value is -2.07. The first-order valence-electron chi connectivity index (χ1n) is 10.4. The number of hydrogen-bond acceptors (Lipinski definition) is 5. The molecule has 4 rings (SSSR count). The second kappa shape index (κ2) is 8.58. The minimum absolute atomic E-state index is 0.0771. The maximum atomic E-state index is 14.9. The van der Waals surface area contributed by atoms with Crippen LogP contribution in [0.1, 0.15) is 50.6 Å². The first-order chi connectivity index (χ1) is 14.4. The number of nitrogens with zero attached hydrogens (tertiary/aromatic N) is 5. The van der Waals surface area contributed by atoms with Crippen LogP contribution in [0, 0.1) is 11.6 Å². The molecule has 1 aromatic heterocycles. The number of hydrogen-bond donors (Lipinski definition) is 0. The molecular weight excluding hydrogens is 412 g/mol. The number of halogens is 2. The van der Waals surface area contributed by atoms with Gasteiger partial charge in [-0.15, -0.1) is 10.2 Å². The molecule has 30 heavy (non-hydrogen) atoms. The molecule has 0 bridgehead atoms. The van der Waals surface area contributed by atoms with Gasteiger partial charge in [0.05, 0.1) is 10.9 Å². The van der Waals surface area contributed by atoms with E-state index in [0.717, 1.165) is 31.7 Å². The van der Waals surface area contributed by atoms with Gasteiger partial charge in [0, 0.05) is 43.9 Å². The van der Waals surface area contributed by atoms with Crippen molar-refractivity contribution in [3.05, 3.63) is 42.0 Å². The normalized spacial score (nSPS) is 23.4. The van der Waals surface area contributed by atoms with E-state index in [0.29, 0.717) is 26.1 Å². The lowest BCUT2D eigenvalue weighted by Gasteiger charge is -2.34. The fourth-order valence-corrected chi connectivity index (χ4v) is 6.03. The van der Waals surface area contributed by atoms with Crippen LogP contribution in [-0.2, 0) is 16.6 Å². The summed E-state index contributed by atoms with van der Waals surface area (Å²) >= 11 is 0. The molecule has 1 aromatic carbocycles. The standard InChI is InChI=1S/C20H27F2N5O2S/c1-15-4-2-3-7-27(30(15,28)29)12-16-10-19(22)20(11-18(16)21)25-8-5-17(6-9-25)26-13-23-24-14-26/h10-11,13-15,17H,2-9,12H2,1H3. The number of anilines is 1. The molecule has 2 aromatic rings. The Morgan fingerprint density at radius 3 is 2.40 bits per heavy atom. The van der Waals surface area contributed by atoms with Gasteiger partial charge in [-0.05, 0) is 38.7 Å². The predicted octanol–water partition coefficient (Wildman–Crippen LogP) is 3.10. The van der Waals surface area contributed by atoms with Crippen LogP contribution in [0.5, 0.6) is 0 Å². The zero-order valence-electron chi connectivity index (χ0n) is 17.0. The van der Waals surface area contributed by atoms with Crippen molar-refractivity contribution >= 4 is 15.7 Å². The van der Waals surface area contributed by atoms with Gasteiger partial charge >= 0.3 is 0 Å². The summed E-state index contributed by atoms with van der Waals surface area (Å²) in [7, 11) is -3.50. The van der Waals surface area contributed by atoms with Crippen LogP contribution in [0.2, 0.25) is 0 Å². The van der Waals surface area contributed by atoms with Gasteiger partial charge in [0.25, 0.3) is 0 Å². The summed E-state index contributed by atoms with van der Waals surface area (Å²) in [4.78, 5) is 1.84. The fourth-order valence-electron chi connectivity index (χ4n) is 4.35. The maximum Gasteiger partial charge on any atom is 0.217 e. The van der Waals surface area contributed by atoms with Gasteiger partial charge in [0.2, 0.25) is 10.0 Å². The summed E-state index contributed by atoms with van der Waals surface area (Å²) in [5, 5.41) is 7.14. The van der Waals surface area contributed by atoms with Gasteiger partial charge in [-0.2, -0.15) is 4.31 Å². The van der Waals surface area contributed by atoms with Gasteiger partial charge in [0.15, 0.2) is 0 Å². The number of benzene rings is 1. The van der Waals surface area contributed by atoms with Crippen LogP contribution in [0.15, 0.2) is 24.8 Å². The van der Waals surface area contributed by atoms with Crippen LogP contribution < -0.4 is 4.90 Å². The number of rotatable bonds is 4. The van der Waals surface area contributed by atoms with Crippen molar-refractivity contribution in [2.24, 2.45) is 0 Å². The minimum Gasteiger partial charge on any atom is -0.369 e. The van der Waals surface area contributed by atoms with Crippen molar-refractivity contribution in [3.63, 3.8) is 0 Å². The fraction of sp³-hybridized carbons (Fsp3) is 0.600. The maximum absolute atomic E-state index is 14.9. The molecule has 0 aliphatic carbocycles. The predicted molar refractivity (Wildman–Crippen MR) is 110 cm³/mol. The Bertz CT molecular complexity index is 975. The van der Waals surface area contributed by atoms with Crippen LogP contribution in [-0.4, -0.2) is 52.4 Å². The summed E-state index contributed by atoms with van der Waals surface area (Å²) in [5.74, 6) is -1.09. The Morgan fingerprint density at radius 1 is 1.00 bits per heavy atom. The van der Waals surface area contributed by atoms with Gasteiger partial charge in [-0.3, -0.25) is 0 Å². The monoisotopic (exact) mass is 439 g/mol. The number of sulfonamides is 1.